The molecule has 3 aromatic rings. The monoisotopic (exact) mass is 299 g/mol. The molecule has 0 bridgehead atoms. The molecular weight excluding hydrogens is 286 g/mol. The Balaban J connectivity index is 1.77. The lowest BCUT2D eigenvalue weighted by atomic mass is 10.1. The van der Waals surface area contributed by atoms with Crippen LogP contribution < -0.4 is 10.9 Å². The molecule has 0 aliphatic heterocycles. The predicted molar refractivity (Wildman–Crippen MR) is 78.5 cm³/mol. The molecule has 0 aliphatic carbocycles. The fourth-order valence-corrected chi connectivity index (χ4v) is 2.09. The molecule has 3 rings (SSSR count). The largest absolute Gasteiger partial charge is 0.467 e. The van der Waals surface area contributed by atoms with Crippen molar-refractivity contribution in [2.75, 3.05) is 6.54 Å². The number of benzene rings is 1. The van der Waals surface area contributed by atoms with Gasteiger partial charge in [-0.2, -0.15) is 0 Å². The van der Waals surface area contributed by atoms with E-state index < -0.39 is 17.6 Å². The van der Waals surface area contributed by atoms with Gasteiger partial charge in [-0.05, 0) is 24.3 Å². The van der Waals surface area contributed by atoms with Crippen molar-refractivity contribution in [3.63, 3.8) is 0 Å². The van der Waals surface area contributed by atoms with Crippen molar-refractivity contribution in [3.8, 4) is 0 Å². The number of carbonyl (C=O) groups is 1. The molecule has 1 atom stereocenters. The lowest BCUT2D eigenvalue weighted by molar-refractivity contribution is 0.0897. The Morgan fingerprint density at radius 2 is 2.05 bits per heavy atom. The number of amides is 1. The van der Waals surface area contributed by atoms with Crippen LogP contribution in [0.25, 0.3) is 11.0 Å². The molecule has 0 aliphatic rings. The van der Waals surface area contributed by atoms with Crippen molar-refractivity contribution in [3.05, 3.63) is 70.5 Å². The maximum Gasteiger partial charge on any atom is 0.349 e. The van der Waals surface area contributed by atoms with E-state index in [1.165, 1.54) is 12.3 Å². The number of nitrogens with one attached hydrogen (secondary N) is 1. The molecule has 0 radical (unpaired) electrons. The van der Waals surface area contributed by atoms with Crippen LogP contribution in [0.3, 0.4) is 0 Å². The molecule has 2 aromatic heterocycles. The number of aliphatic hydroxyl groups is 1. The second-order valence-corrected chi connectivity index (χ2v) is 4.73. The lowest BCUT2D eigenvalue weighted by Gasteiger charge is -2.09. The molecular formula is C16H13NO5. The van der Waals surface area contributed by atoms with E-state index in [1.54, 1.807) is 36.4 Å². The minimum Gasteiger partial charge on any atom is -0.467 e. The highest BCUT2D eigenvalue weighted by Gasteiger charge is 2.16. The van der Waals surface area contributed by atoms with Crippen molar-refractivity contribution >= 4 is 16.9 Å². The van der Waals surface area contributed by atoms with E-state index in [1.807, 2.05) is 0 Å². The van der Waals surface area contributed by atoms with E-state index in [4.69, 9.17) is 8.83 Å². The Hall–Kier alpha value is -2.86. The molecule has 2 heterocycles. The summed E-state index contributed by atoms with van der Waals surface area (Å²) in [6, 6.07) is 11.6. The Labute approximate surface area is 125 Å². The van der Waals surface area contributed by atoms with Crippen molar-refractivity contribution in [1.82, 2.24) is 5.32 Å². The maximum absolute atomic E-state index is 12.1. The third-order valence-corrected chi connectivity index (χ3v) is 3.21. The van der Waals surface area contributed by atoms with E-state index >= 15 is 0 Å². The molecule has 1 aromatic carbocycles. The minimum absolute atomic E-state index is 0.0708. The van der Waals surface area contributed by atoms with E-state index in [0.29, 0.717) is 16.7 Å². The van der Waals surface area contributed by atoms with Gasteiger partial charge in [0.1, 0.15) is 23.0 Å². The van der Waals surface area contributed by atoms with Crippen molar-refractivity contribution in [1.29, 1.82) is 0 Å². The average Bonchev–Trinajstić information content (AvgIpc) is 3.06. The molecule has 112 valence electrons. The highest BCUT2D eigenvalue weighted by Crippen LogP contribution is 2.14. The molecule has 22 heavy (non-hydrogen) atoms. The molecule has 6 heteroatoms. The van der Waals surface area contributed by atoms with Gasteiger partial charge in [-0.3, -0.25) is 4.79 Å². The third kappa shape index (κ3) is 2.77. The maximum atomic E-state index is 12.1. The molecule has 0 fully saturated rings. The molecule has 2 N–H and O–H groups in total. The Kier molecular flexibility index (Phi) is 3.76. The summed E-state index contributed by atoms with van der Waals surface area (Å²) >= 11 is 0. The van der Waals surface area contributed by atoms with Crippen LogP contribution in [0.4, 0.5) is 0 Å². The zero-order valence-electron chi connectivity index (χ0n) is 11.5. The number of furan rings is 1. The summed E-state index contributed by atoms with van der Waals surface area (Å²) in [7, 11) is 0. The Morgan fingerprint density at radius 3 is 2.82 bits per heavy atom. The van der Waals surface area contributed by atoms with Crippen LogP contribution in [0, 0.1) is 0 Å². The summed E-state index contributed by atoms with van der Waals surface area (Å²) in [5.41, 5.74) is -0.409. The van der Waals surface area contributed by atoms with E-state index in [-0.39, 0.29) is 12.1 Å². The van der Waals surface area contributed by atoms with Gasteiger partial charge in [0.15, 0.2) is 0 Å². The first-order valence-electron chi connectivity index (χ1n) is 6.68. The van der Waals surface area contributed by atoms with Gasteiger partial charge in [-0.25, -0.2) is 4.79 Å². The molecule has 0 spiro atoms. The standard InChI is InChI=1S/C16H13NO5/c18-12(14-6-3-7-21-14)9-17-15(19)11-8-10-4-1-2-5-13(10)22-16(11)20/h1-8,12,18H,9H2,(H,17,19). The average molecular weight is 299 g/mol. The van der Waals surface area contributed by atoms with E-state index in [9.17, 15) is 14.7 Å². The van der Waals surface area contributed by atoms with Crippen LogP contribution in [-0.2, 0) is 0 Å². The summed E-state index contributed by atoms with van der Waals surface area (Å²) in [4.78, 5) is 23.9. The smallest absolute Gasteiger partial charge is 0.349 e. The summed E-state index contributed by atoms with van der Waals surface area (Å²) in [5.74, 6) is -0.268. The molecule has 0 saturated heterocycles. The predicted octanol–water partition coefficient (Wildman–Crippen LogP) is 1.85. The fourth-order valence-electron chi connectivity index (χ4n) is 2.09. The van der Waals surface area contributed by atoms with Crippen LogP contribution in [-0.4, -0.2) is 17.6 Å². The number of hydrogen-bond donors (Lipinski definition) is 2. The summed E-state index contributed by atoms with van der Waals surface area (Å²) < 4.78 is 10.1. The molecule has 1 amide bonds. The summed E-state index contributed by atoms with van der Waals surface area (Å²) in [5, 5.41) is 13.0. The van der Waals surface area contributed by atoms with Gasteiger partial charge >= 0.3 is 5.63 Å². The highest BCUT2D eigenvalue weighted by atomic mass is 16.4. The Bertz CT molecular complexity index is 850. The van der Waals surface area contributed by atoms with Gasteiger partial charge in [-0.15, -0.1) is 0 Å². The second-order valence-electron chi connectivity index (χ2n) is 4.73. The van der Waals surface area contributed by atoms with Gasteiger partial charge < -0.3 is 19.3 Å². The summed E-state index contributed by atoms with van der Waals surface area (Å²) in [6.07, 6.45) is 0.449. The van der Waals surface area contributed by atoms with Crippen molar-refractivity contribution in [2.24, 2.45) is 0 Å². The van der Waals surface area contributed by atoms with Gasteiger partial charge in [0.25, 0.3) is 5.91 Å². The molecule has 1 unspecified atom stereocenters. The van der Waals surface area contributed by atoms with E-state index in [0.717, 1.165) is 0 Å². The minimum atomic E-state index is -0.980. The van der Waals surface area contributed by atoms with Gasteiger partial charge in [0.2, 0.25) is 0 Å². The SMILES string of the molecule is O=C(NCC(O)c1ccco1)c1cc2ccccc2oc1=O. The van der Waals surface area contributed by atoms with Crippen molar-refractivity contribution < 1.29 is 18.7 Å². The lowest BCUT2D eigenvalue weighted by Crippen LogP contribution is -2.31. The zero-order chi connectivity index (χ0) is 15.5. The van der Waals surface area contributed by atoms with Gasteiger partial charge in [0.05, 0.1) is 12.8 Å². The highest BCUT2D eigenvalue weighted by molar-refractivity contribution is 5.96. The molecule has 0 saturated carbocycles. The topological polar surface area (TPSA) is 92.7 Å². The number of fused-ring (bicyclic) bond motifs is 1. The van der Waals surface area contributed by atoms with Crippen LogP contribution in [0.5, 0.6) is 0 Å². The van der Waals surface area contributed by atoms with Crippen LogP contribution in [0.1, 0.15) is 22.2 Å². The zero-order valence-corrected chi connectivity index (χ0v) is 11.5. The summed E-state index contributed by atoms with van der Waals surface area (Å²) in [6.45, 7) is -0.0708. The number of carbonyl (C=O) groups excluding carboxylic acids is 1. The normalized spacial score (nSPS) is 12.2. The third-order valence-electron chi connectivity index (χ3n) is 3.21. The number of para-hydroxylation sites is 1. The first-order valence-corrected chi connectivity index (χ1v) is 6.68. The quantitative estimate of drug-likeness (QED) is 0.717. The van der Waals surface area contributed by atoms with E-state index in [2.05, 4.69) is 5.32 Å². The van der Waals surface area contributed by atoms with Crippen LogP contribution >= 0.6 is 0 Å². The second kappa shape index (κ2) is 5.87. The Morgan fingerprint density at radius 1 is 1.23 bits per heavy atom. The molecule has 6 nitrogen and oxygen atoms in total. The fraction of sp³-hybridized carbons (Fsp3) is 0.125. The van der Waals surface area contributed by atoms with Gasteiger partial charge in [-0.1, -0.05) is 18.2 Å². The number of hydrogen-bond acceptors (Lipinski definition) is 5. The van der Waals surface area contributed by atoms with Gasteiger partial charge in [0, 0.05) is 5.39 Å². The number of rotatable bonds is 4. The first-order chi connectivity index (χ1) is 10.6. The van der Waals surface area contributed by atoms with Crippen LogP contribution in [0.2, 0.25) is 0 Å². The number of aliphatic hydroxyl groups excluding tert-OH is 1. The van der Waals surface area contributed by atoms with Crippen LogP contribution in [0.15, 0.2) is 62.4 Å². The first kappa shape index (κ1) is 14.1. The van der Waals surface area contributed by atoms with Crippen molar-refractivity contribution in [2.45, 2.75) is 6.10 Å².